The van der Waals surface area contributed by atoms with Crippen LogP contribution in [0.15, 0.2) is 91.0 Å². The molecule has 1 atom stereocenters. The summed E-state index contributed by atoms with van der Waals surface area (Å²) in [4.78, 5) is 0. The number of quaternary nitrogens is 1. The SMILES string of the molecule is OC(c1ccccc1)(c1ccccc1)C12CC[N+](Br)(CC1)C(COCc1ccccc1)C2. The predicted molar refractivity (Wildman–Crippen MR) is 131 cm³/mol. The first-order valence-corrected chi connectivity index (χ1v) is 12.3. The molecule has 4 heteroatoms. The van der Waals surface area contributed by atoms with Crippen molar-refractivity contribution in [1.82, 2.24) is 0 Å². The molecule has 3 heterocycles. The fourth-order valence-corrected chi connectivity index (χ4v) is 6.56. The molecule has 166 valence electrons. The molecule has 0 spiro atoms. The third kappa shape index (κ3) is 3.73. The van der Waals surface area contributed by atoms with Gasteiger partial charge in [-0.05, 0) is 16.7 Å². The standard InChI is InChI=1S/C28H31BrNO2/c29-30-18-16-27(17-19-30,20-26(30)22-32-21-23-10-4-1-5-11-23)28(31,24-12-6-2-7-13-24)25-14-8-3-9-15-25/h1-15,26,31H,16-22H2/q+1. The van der Waals surface area contributed by atoms with Crippen LogP contribution in [0, 0.1) is 5.41 Å². The average Bonchev–Trinajstić information content (AvgIpc) is 2.86. The highest BCUT2D eigenvalue weighted by Crippen LogP contribution is 2.60. The van der Waals surface area contributed by atoms with Crippen LogP contribution in [0.25, 0.3) is 0 Å². The minimum absolute atomic E-state index is 0.218. The second kappa shape index (κ2) is 8.75. The first-order chi connectivity index (χ1) is 15.6. The number of piperidine rings is 3. The van der Waals surface area contributed by atoms with E-state index in [1.807, 2.05) is 42.5 Å². The van der Waals surface area contributed by atoms with Gasteiger partial charge >= 0.3 is 0 Å². The summed E-state index contributed by atoms with van der Waals surface area (Å²) in [6.07, 6.45) is 2.88. The maximum absolute atomic E-state index is 12.6. The zero-order valence-corrected chi connectivity index (χ0v) is 20.0. The van der Waals surface area contributed by atoms with Crippen molar-refractivity contribution in [1.29, 1.82) is 0 Å². The smallest absolute Gasteiger partial charge is 0.227 e. The van der Waals surface area contributed by atoms with Crippen molar-refractivity contribution < 1.29 is 13.4 Å². The molecular weight excluding hydrogens is 462 g/mol. The minimum atomic E-state index is -1.02. The van der Waals surface area contributed by atoms with Crippen molar-refractivity contribution in [3.8, 4) is 0 Å². The van der Waals surface area contributed by atoms with Crippen molar-refractivity contribution in [2.75, 3.05) is 19.7 Å². The van der Waals surface area contributed by atoms with Gasteiger partial charge in [0.1, 0.15) is 11.6 Å². The highest BCUT2D eigenvalue weighted by Gasteiger charge is 2.63. The highest BCUT2D eigenvalue weighted by atomic mass is 79.9. The zero-order chi connectivity index (χ0) is 22.1. The summed E-state index contributed by atoms with van der Waals surface area (Å²) < 4.78 is 7.08. The number of fused-ring (bicyclic) bond motifs is 3. The average molecular weight is 493 g/mol. The van der Waals surface area contributed by atoms with Crippen LogP contribution in [0.2, 0.25) is 0 Å². The summed E-state index contributed by atoms with van der Waals surface area (Å²) in [6, 6.07) is 31.2. The van der Waals surface area contributed by atoms with Crippen LogP contribution < -0.4 is 0 Å². The van der Waals surface area contributed by atoms with Crippen LogP contribution in [0.5, 0.6) is 0 Å². The van der Waals surface area contributed by atoms with Crippen molar-refractivity contribution in [2.24, 2.45) is 5.41 Å². The third-order valence-electron chi connectivity index (χ3n) is 7.78. The Balaban J connectivity index is 1.45. The van der Waals surface area contributed by atoms with Crippen molar-refractivity contribution >= 4 is 16.1 Å². The molecule has 3 aromatic carbocycles. The molecule has 1 unspecified atom stereocenters. The van der Waals surface area contributed by atoms with E-state index in [9.17, 15) is 5.11 Å². The monoisotopic (exact) mass is 492 g/mol. The lowest BCUT2D eigenvalue weighted by Crippen LogP contribution is -2.67. The van der Waals surface area contributed by atoms with Crippen LogP contribution >= 0.6 is 16.1 Å². The first kappa shape index (κ1) is 21.8. The molecule has 1 N–H and O–H groups in total. The number of halogens is 1. The van der Waals surface area contributed by atoms with Gasteiger partial charge in [0.2, 0.25) is 16.1 Å². The molecule has 0 amide bonds. The number of benzene rings is 3. The van der Waals surface area contributed by atoms with Gasteiger partial charge < -0.3 is 9.84 Å². The van der Waals surface area contributed by atoms with Gasteiger partial charge in [-0.25, -0.2) is 0 Å². The topological polar surface area (TPSA) is 29.5 Å². The van der Waals surface area contributed by atoms with Gasteiger partial charge in [-0.3, -0.25) is 3.51 Å². The Hall–Kier alpha value is -1.98. The van der Waals surface area contributed by atoms with Crippen molar-refractivity contribution in [3.63, 3.8) is 0 Å². The fraction of sp³-hybridized carbons (Fsp3) is 0.357. The second-order valence-electron chi connectivity index (χ2n) is 9.45. The lowest BCUT2D eigenvalue weighted by atomic mass is 9.55. The molecule has 32 heavy (non-hydrogen) atoms. The number of rotatable bonds is 7. The number of ether oxygens (including phenoxy) is 1. The van der Waals surface area contributed by atoms with E-state index in [0.717, 1.165) is 47.0 Å². The van der Waals surface area contributed by atoms with E-state index < -0.39 is 5.60 Å². The Bertz CT molecular complexity index is 978. The molecule has 0 radical (unpaired) electrons. The van der Waals surface area contributed by atoms with Gasteiger partial charge in [0, 0.05) is 24.7 Å². The molecule has 0 saturated carbocycles. The van der Waals surface area contributed by atoms with Crippen LogP contribution in [0.4, 0.5) is 0 Å². The normalized spacial score (nSPS) is 27.4. The van der Waals surface area contributed by atoms with E-state index in [2.05, 4.69) is 64.7 Å². The Morgan fingerprint density at radius 1 is 0.844 bits per heavy atom. The first-order valence-electron chi connectivity index (χ1n) is 11.6. The lowest BCUT2D eigenvalue weighted by Gasteiger charge is -2.60. The van der Waals surface area contributed by atoms with Gasteiger partial charge in [-0.2, -0.15) is 0 Å². The number of hydrogen-bond acceptors (Lipinski definition) is 2. The Labute approximate surface area is 199 Å². The van der Waals surface area contributed by atoms with Crippen LogP contribution in [-0.4, -0.2) is 34.4 Å². The molecule has 2 bridgehead atoms. The van der Waals surface area contributed by atoms with E-state index in [-0.39, 0.29) is 5.41 Å². The summed E-state index contributed by atoms with van der Waals surface area (Å²) in [5.74, 6) is 0. The largest absolute Gasteiger partial charge is 0.380 e. The number of nitrogens with zero attached hydrogens (tertiary/aromatic N) is 1. The summed E-state index contributed by atoms with van der Waals surface area (Å²) in [6.45, 7) is 3.31. The molecule has 0 aliphatic carbocycles. The summed E-state index contributed by atoms with van der Waals surface area (Å²) in [5, 5.41) is 12.6. The fourth-order valence-electron chi connectivity index (χ4n) is 5.95. The van der Waals surface area contributed by atoms with Crippen molar-refractivity contribution in [2.45, 2.75) is 37.5 Å². The third-order valence-corrected chi connectivity index (χ3v) is 9.07. The Morgan fingerprint density at radius 2 is 1.34 bits per heavy atom. The molecule has 0 aromatic heterocycles. The van der Waals surface area contributed by atoms with Gasteiger partial charge in [-0.15, -0.1) is 0 Å². The molecule has 3 saturated heterocycles. The molecule has 3 fully saturated rings. The molecule has 6 rings (SSSR count). The van der Waals surface area contributed by atoms with E-state index in [4.69, 9.17) is 4.74 Å². The summed E-state index contributed by atoms with van der Waals surface area (Å²) >= 11 is 4.06. The molecule has 3 aliphatic rings. The Kier molecular flexibility index (Phi) is 5.98. The summed E-state index contributed by atoms with van der Waals surface area (Å²) in [7, 11) is 0. The maximum Gasteiger partial charge on any atom is 0.227 e. The van der Waals surface area contributed by atoms with Crippen molar-refractivity contribution in [3.05, 3.63) is 108 Å². The van der Waals surface area contributed by atoms with Crippen LogP contribution in [-0.2, 0) is 16.9 Å². The number of hydrogen-bond donors (Lipinski definition) is 1. The van der Waals surface area contributed by atoms with Gasteiger partial charge in [0.15, 0.2) is 0 Å². The van der Waals surface area contributed by atoms with E-state index in [0.29, 0.717) is 19.3 Å². The van der Waals surface area contributed by atoms with Gasteiger partial charge in [-0.1, -0.05) is 91.0 Å². The molecule has 3 aliphatic heterocycles. The lowest BCUT2D eigenvalue weighted by molar-refractivity contribution is -0.834. The van der Waals surface area contributed by atoms with E-state index >= 15 is 0 Å². The molecule has 3 aromatic rings. The van der Waals surface area contributed by atoms with Gasteiger partial charge in [0.05, 0.1) is 26.3 Å². The molecular formula is C28H31BrNO2+. The predicted octanol–water partition coefficient (Wildman–Crippen LogP) is 5.82. The summed E-state index contributed by atoms with van der Waals surface area (Å²) in [5.41, 5.74) is 1.94. The molecule has 3 nitrogen and oxygen atoms in total. The second-order valence-corrected chi connectivity index (χ2v) is 10.9. The van der Waals surface area contributed by atoms with Gasteiger partial charge in [0.25, 0.3) is 0 Å². The minimum Gasteiger partial charge on any atom is -0.380 e. The van der Waals surface area contributed by atoms with E-state index in [1.54, 1.807) is 0 Å². The highest BCUT2D eigenvalue weighted by molar-refractivity contribution is 9.05. The quantitative estimate of drug-likeness (QED) is 0.421. The van der Waals surface area contributed by atoms with Crippen LogP contribution in [0.1, 0.15) is 36.0 Å². The van der Waals surface area contributed by atoms with E-state index in [1.165, 1.54) is 5.56 Å². The maximum atomic E-state index is 12.6. The number of aliphatic hydroxyl groups is 1. The van der Waals surface area contributed by atoms with Crippen LogP contribution in [0.3, 0.4) is 0 Å². The zero-order valence-electron chi connectivity index (χ0n) is 18.4. The Morgan fingerprint density at radius 3 is 1.88 bits per heavy atom.